The number of thiazole rings is 1. The zero-order chi connectivity index (χ0) is 14.6. The lowest BCUT2D eigenvalue weighted by Gasteiger charge is -2.37. The lowest BCUT2D eigenvalue weighted by molar-refractivity contribution is 0.0577. The minimum absolute atomic E-state index is 0.118. The van der Waals surface area contributed by atoms with E-state index in [1.807, 2.05) is 0 Å². The molecule has 0 atom stereocenters. The number of nitrogens with one attached hydrogen (secondary N) is 2. The molecule has 0 bridgehead atoms. The number of hydrogen-bond donors (Lipinski definition) is 2. The summed E-state index contributed by atoms with van der Waals surface area (Å²) in [6, 6.07) is 0. The smallest absolute Gasteiger partial charge is 0.251 e. The summed E-state index contributed by atoms with van der Waals surface area (Å²) in [6.45, 7) is 4.55. The second-order valence-electron chi connectivity index (χ2n) is 5.21. The van der Waals surface area contributed by atoms with Crippen molar-refractivity contribution in [3.05, 3.63) is 11.2 Å². The normalized spacial score (nSPS) is 19.1. The van der Waals surface area contributed by atoms with Gasteiger partial charge in [-0.3, -0.25) is 0 Å². The minimum Gasteiger partial charge on any atom is -0.384 e. The zero-order valence-corrected chi connectivity index (χ0v) is 13.4. The van der Waals surface area contributed by atoms with Gasteiger partial charge in [-0.2, -0.15) is 0 Å². The summed E-state index contributed by atoms with van der Waals surface area (Å²) in [6.07, 6.45) is 3.23. The van der Waals surface area contributed by atoms with Gasteiger partial charge in [0.05, 0.1) is 17.8 Å². The summed E-state index contributed by atoms with van der Waals surface area (Å²) in [7, 11) is -1.81. The highest BCUT2D eigenvalue weighted by molar-refractivity contribution is 7.91. The average molecular weight is 319 g/mol. The van der Waals surface area contributed by atoms with E-state index in [0.29, 0.717) is 13.2 Å². The molecule has 0 saturated carbocycles. The molecule has 2 N–H and O–H groups in total. The SMILES string of the molecule is COCC1(CNS(=O)(=O)c2cnc(C)s2)CCNCC1. The molecule has 1 saturated heterocycles. The molecule has 0 spiro atoms. The number of hydrogen-bond acceptors (Lipinski definition) is 6. The van der Waals surface area contributed by atoms with E-state index in [-0.39, 0.29) is 9.62 Å². The van der Waals surface area contributed by atoms with Crippen LogP contribution in [0.25, 0.3) is 0 Å². The molecule has 0 unspecified atom stereocenters. The maximum Gasteiger partial charge on any atom is 0.251 e. The number of aromatic nitrogens is 1. The fraction of sp³-hybridized carbons (Fsp3) is 0.750. The van der Waals surface area contributed by atoms with Crippen LogP contribution >= 0.6 is 11.3 Å². The minimum atomic E-state index is -3.47. The fourth-order valence-electron chi connectivity index (χ4n) is 2.42. The Morgan fingerprint density at radius 3 is 2.75 bits per heavy atom. The Hall–Kier alpha value is -0.540. The van der Waals surface area contributed by atoms with Crippen LogP contribution in [0.3, 0.4) is 0 Å². The van der Waals surface area contributed by atoms with Crippen molar-refractivity contribution >= 4 is 21.4 Å². The van der Waals surface area contributed by atoms with Crippen molar-refractivity contribution < 1.29 is 13.2 Å². The van der Waals surface area contributed by atoms with Crippen LogP contribution in [-0.4, -0.2) is 46.8 Å². The molecule has 2 heterocycles. The van der Waals surface area contributed by atoms with Crippen LogP contribution in [0.4, 0.5) is 0 Å². The first-order valence-electron chi connectivity index (χ1n) is 6.59. The molecule has 1 aliphatic rings. The molecule has 0 aliphatic carbocycles. The summed E-state index contributed by atoms with van der Waals surface area (Å²) in [4.78, 5) is 4.00. The Morgan fingerprint density at radius 1 is 1.50 bits per heavy atom. The first-order valence-corrected chi connectivity index (χ1v) is 8.89. The number of rotatable bonds is 6. The number of piperidine rings is 1. The van der Waals surface area contributed by atoms with Crippen LogP contribution in [-0.2, 0) is 14.8 Å². The van der Waals surface area contributed by atoms with E-state index in [1.54, 1.807) is 14.0 Å². The lowest BCUT2D eigenvalue weighted by atomic mass is 9.80. The Labute approximate surface area is 124 Å². The molecule has 1 aliphatic heterocycles. The number of ether oxygens (including phenoxy) is 1. The van der Waals surface area contributed by atoms with E-state index < -0.39 is 10.0 Å². The summed E-state index contributed by atoms with van der Waals surface area (Å²) in [5.41, 5.74) is -0.118. The maximum absolute atomic E-state index is 12.2. The van der Waals surface area contributed by atoms with Crippen LogP contribution in [0.15, 0.2) is 10.4 Å². The molecule has 1 aromatic heterocycles. The number of sulfonamides is 1. The number of methoxy groups -OCH3 is 1. The quantitative estimate of drug-likeness (QED) is 0.808. The summed E-state index contributed by atoms with van der Waals surface area (Å²) < 4.78 is 32.8. The van der Waals surface area contributed by atoms with Gasteiger partial charge in [-0.25, -0.2) is 18.1 Å². The molecule has 8 heteroatoms. The van der Waals surface area contributed by atoms with Gasteiger partial charge in [0.15, 0.2) is 4.21 Å². The van der Waals surface area contributed by atoms with Gasteiger partial charge in [0.25, 0.3) is 10.0 Å². The van der Waals surface area contributed by atoms with Gasteiger partial charge >= 0.3 is 0 Å². The van der Waals surface area contributed by atoms with Gasteiger partial charge in [0, 0.05) is 19.1 Å². The van der Waals surface area contributed by atoms with Crippen molar-refractivity contribution in [3.63, 3.8) is 0 Å². The van der Waals surface area contributed by atoms with Gasteiger partial charge in [-0.1, -0.05) is 0 Å². The maximum atomic E-state index is 12.2. The highest BCUT2D eigenvalue weighted by Gasteiger charge is 2.33. The van der Waals surface area contributed by atoms with Gasteiger partial charge in [0.2, 0.25) is 0 Å². The Balaban J connectivity index is 2.05. The fourth-order valence-corrected chi connectivity index (χ4v) is 4.73. The molecule has 114 valence electrons. The van der Waals surface area contributed by atoms with E-state index >= 15 is 0 Å². The van der Waals surface area contributed by atoms with E-state index in [2.05, 4.69) is 15.0 Å². The highest BCUT2D eigenvalue weighted by Crippen LogP contribution is 2.29. The van der Waals surface area contributed by atoms with Crippen LogP contribution in [0, 0.1) is 12.3 Å². The first-order chi connectivity index (χ1) is 9.47. The predicted octanol–water partition coefficient (Wildman–Crippen LogP) is 0.746. The molecule has 0 aromatic carbocycles. The third kappa shape index (κ3) is 3.76. The Morgan fingerprint density at radius 2 is 2.20 bits per heavy atom. The molecule has 2 rings (SSSR count). The van der Waals surface area contributed by atoms with Gasteiger partial charge in [-0.05, 0) is 32.9 Å². The third-order valence-electron chi connectivity index (χ3n) is 3.62. The summed E-state index contributed by atoms with van der Waals surface area (Å²) >= 11 is 1.19. The first kappa shape index (κ1) is 15.8. The molecule has 6 nitrogen and oxygen atoms in total. The predicted molar refractivity (Wildman–Crippen MR) is 78.5 cm³/mol. The van der Waals surface area contributed by atoms with E-state index in [0.717, 1.165) is 30.9 Å². The van der Waals surface area contributed by atoms with E-state index in [9.17, 15) is 8.42 Å². The van der Waals surface area contributed by atoms with Crippen molar-refractivity contribution in [1.82, 2.24) is 15.0 Å². The Kier molecular flexibility index (Phi) is 5.14. The van der Waals surface area contributed by atoms with Gasteiger partial charge in [0.1, 0.15) is 0 Å². The van der Waals surface area contributed by atoms with Crippen molar-refractivity contribution in [1.29, 1.82) is 0 Å². The second-order valence-corrected chi connectivity index (χ2v) is 8.43. The number of aryl methyl sites for hydroxylation is 1. The zero-order valence-electron chi connectivity index (χ0n) is 11.8. The average Bonchev–Trinajstić information content (AvgIpc) is 2.86. The van der Waals surface area contributed by atoms with Crippen LogP contribution < -0.4 is 10.0 Å². The van der Waals surface area contributed by atoms with Crippen LogP contribution in [0.1, 0.15) is 17.8 Å². The second kappa shape index (κ2) is 6.48. The van der Waals surface area contributed by atoms with E-state index in [1.165, 1.54) is 17.5 Å². The van der Waals surface area contributed by atoms with Crippen LogP contribution in [0.2, 0.25) is 0 Å². The van der Waals surface area contributed by atoms with Crippen molar-refractivity contribution in [2.24, 2.45) is 5.41 Å². The van der Waals surface area contributed by atoms with Gasteiger partial charge in [-0.15, -0.1) is 11.3 Å². The summed E-state index contributed by atoms with van der Waals surface area (Å²) in [5, 5.41) is 4.04. The molecule has 0 radical (unpaired) electrons. The molecular formula is C12H21N3O3S2. The molecule has 1 fully saturated rings. The number of nitrogens with zero attached hydrogens (tertiary/aromatic N) is 1. The molecule has 20 heavy (non-hydrogen) atoms. The topological polar surface area (TPSA) is 80.3 Å². The molecule has 0 amide bonds. The molecular weight excluding hydrogens is 298 g/mol. The monoisotopic (exact) mass is 319 g/mol. The largest absolute Gasteiger partial charge is 0.384 e. The highest BCUT2D eigenvalue weighted by atomic mass is 32.2. The van der Waals surface area contributed by atoms with Gasteiger partial charge < -0.3 is 10.1 Å². The summed E-state index contributed by atoms with van der Waals surface area (Å²) in [5.74, 6) is 0. The van der Waals surface area contributed by atoms with E-state index in [4.69, 9.17) is 4.74 Å². The lowest BCUT2D eigenvalue weighted by Crippen LogP contribution is -2.47. The van der Waals surface area contributed by atoms with Crippen LogP contribution in [0.5, 0.6) is 0 Å². The third-order valence-corrected chi connectivity index (χ3v) is 6.39. The van der Waals surface area contributed by atoms with Crippen molar-refractivity contribution in [2.45, 2.75) is 24.0 Å². The molecule has 1 aromatic rings. The Bertz CT molecular complexity index is 530. The van der Waals surface area contributed by atoms with Crippen molar-refractivity contribution in [3.8, 4) is 0 Å². The standard InChI is InChI=1S/C12H21N3O3S2/c1-10-14-7-11(19-10)20(16,17)15-8-12(9-18-2)3-5-13-6-4-12/h7,13,15H,3-6,8-9H2,1-2H3. The van der Waals surface area contributed by atoms with Crippen molar-refractivity contribution in [2.75, 3.05) is 33.4 Å².